The van der Waals surface area contributed by atoms with Crippen molar-refractivity contribution in [1.82, 2.24) is 15.1 Å². The van der Waals surface area contributed by atoms with Crippen LogP contribution in [0.1, 0.15) is 52.4 Å². The van der Waals surface area contributed by atoms with E-state index in [4.69, 9.17) is 4.99 Å². The molecule has 1 aliphatic carbocycles. The van der Waals surface area contributed by atoms with Gasteiger partial charge in [-0.15, -0.1) is 0 Å². The molecule has 0 aromatic carbocycles. The van der Waals surface area contributed by atoms with Crippen molar-refractivity contribution < 1.29 is 0 Å². The van der Waals surface area contributed by atoms with E-state index in [1.54, 1.807) is 0 Å². The van der Waals surface area contributed by atoms with Gasteiger partial charge >= 0.3 is 0 Å². The van der Waals surface area contributed by atoms with Gasteiger partial charge in [0.05, 0.1) is 0 Å². The van der Waals surface area contributed by atoms with Crippen LogP contribution in [0.4, 0.5) is 0 Å². The molecular formula is C19H36N4. The number of rotatable bonds is 4. The molecule has 2 aliphatic heterocycles. The number of likely N-dealkylation sites (tertiary alicyclic amines) is 2. The summed E-state index contributed by atoms with van der Waals surface area (Å²) in [6.07, 6.45) is 8.46. The third kappa shape index (κ3) is 4.40. The lowest BCUT2D eigenvalue weighted by Crippen LogP contribution is -2.41. The molecule has 3 rings (SSSR count). The molecule has 0 spiro atoms. The number of nitrogens with one attached hydrogen (secondary N) is 1. The Kier molecular flexibility index (Phi) is 6.21. The van der Waals surface area contributed by atoms with E-state index in [0.29, 0.717) is 0 Å². The minimum atomic E-state index is 0.752. The van der Waals surface area contributed by atoms with Gasteiger partial charge in [-0.25, -0.2) is 0 Å². The van der Waals surface area contributed by atoms with Crippen LogP contribution in [0, 0.1) is 17.8 Å². The Morgan fingerprint density at radius 1 is 1.00 bits per heavy atom. The Morgan fingerprint density at radius 2 is 1.74 bits per heavy atom. The van der Waals surface area contributed by atoms with Crippen LogP contribution in [0.5, 0.6) is 0 Å². The summed E-state index contributed by atoms with van der Waals surface area (Å²) in [5.41, 5.74) is 0. The van der Waals surface area contributed by atoms with Gasteiger partial charge in [0.1, 0.15) is 0 Å². The minimum absolute atomic E-state index is 0.752. The number of aliphatic imine (C=N–C) groups is 1. The smallest absolute Gasteiger partial charge is 0.193 e. The van der Waals surface area contributed by atoms with Crippen molar-refractivity contribution >= 4 is 5.96 Å². The van der Waals surface area contributed by atoms with Gasteiger partial charge in [-0.2, -0.15) is 0 Å². The minimum Gasteiger partial charge on any atom is -0.357 e. The molecule has 1 N–H and O–H groups in total. The molecule has 0 radical (unpaired) electrons. The Labute approximate surface area is 142 Å². The van der Waals surface area contributed by atoms with Crippen LogP contribution in [0.15, 0.2) is 4.99 Å². The lowest BCUT2D eigenvalue weighted by atomic mass is 9.82. The summed E-state index contributed by atoms with van der Waals surface area (Å²) in [5.74, 6) is 3.80. The molecule has 4 heteroatoms. The second-order valence-electron chi connectivity index (χ2n) is 7.81. The van der Waals surface area contributed by atoms with Crippen LogP contribution in [0.3, 0.4) is 0 Å². The predicted molar refractivity (Wildman–Crippen MR) is 97.8 cm³/mol. The second-order valence-corrected chi connectivity index (χ2v) is 7.81. The monoisotopic (exact) mass is 320 g/mol. The molecule has 3 fully saturated rings. The number of fused-ring (bicyclic) bond motifs is 1. The largest absolute Gasteiger partial charge is 0.357 e. The molecule has 0 aromatic heterocycles. The second kappa shape index (κ2) is 8.36. The zero-order valence-corrected chi connectivity index (χ0v) is 15.3. The molecule has 3 atom stereocenters. The summed E-state index contributed by atoms with van der Waals surface area (Å²) in [7, 11) is 0. The summed E-state index contributed by atoms with van der Waals surface area (Å²) >= 11 is 0. The van der Waals surface area contributed by atoms with E-state index in [9.17, 15) is 0 Å². The lowest BCUT2D eigenvalue weighted by molar-refractivity contribution is 0.186. The van der Waals surface area contributed by atoms with Gasteiger partial charge in [0.2, 0.25) is 0 Å². The van der Waals surface area contributed by atoms with Crippen LogP contribution < -0.4 is 5.32 Å². The maximum atomic E-state index is 5.05. The molecule has 2 saturated heterocycles. The Bertz CT molecular complexity index is 381. The summed E-state index contributed by atoms with van der Waals surface area (Å²) in [4.78, 5) is 10.2. The third-order valence-electron chi connectivity index (χ3n) is 6.16. The molecule has 0 amide bonds. The van der Waals surface area contributed by atoms with Crippen molar-refractivity contribution in [1.29, 1.82) is 0 Å². The molecule has 23 heavy (non-hydrogen) atoms. The van der Waals surface area contributed by atoms with Gasteiger partial charge in [0.25, 0.3) is 0 Å². The van der Waals surface area contributed by atoms with Crippen molar-refractivity contribution in [2.24, 2.45) is 22.7 Å². The third-order valence-corrected chi connectivity index (χ3v) is 6.16. The van der Waals surface area contributed by atoms with E-state index in [1.165, 1.54) is 77.2 Å². The van der Waals surface area contributed by atoms with Gasteiger partial charge in [0, 0.05) is 32.7 Å². The quantitative estimate of drug-likeness (QED) is 0.638. The fourth-order valence-electron chi connectivity index (χ4n) is 4.81. The van der Waals surface area contributed by atoms with E-state index in [1.807, 2.05) is 0 Å². The zero-order chi connectivity index (χ0) is 16.1. The van der Waals surface area contributed by atoms with Crippen LogP contribution in [0.2, 0.25) is 0 Å². The first-order valence-electron chi connectivity index (χ1n) is 10.1. The first-order chi connectivity index (χ1) is 11.3. The van der Waals surface area contributed by atoms with Crippen molar-refractivity contribution in [2.45, 2.75) is 52.4 Å². The molecule has 132 valence electrons. The number of hydrogen-bond donors (Lipinski definition) is 1. The van der Waals surface area contributed by atoms with Crippen LogP contribution >= 0.6 is 0 Å². The summed E-state index contributed by atoms with van der Waals surface area (Å²) in [5, 5.41) is 3.56. The van der Waals surface area contributed by atoms with E-state index < -0.39 is 0 Å². The Morgan fingerprint density at radius 3 is 2.39 bits per heavy atom. The number of hydrogen-bond acceptors (Lipinski definition) is 2. The van der Waals surface area contributed by atoms with Crippen LogP contribution in [-0.2, 0) is 0 Å². The Hall–Kier alpha value is -0.770. The number of piperidine rings is 1. The molecule has 3 unspecified atom stereocenters. The van der Waals surface area contributed by atoms with Crippen molar-refractivity contribution in [3.63, 3.8) is 0 Å². The molecule has 2 heterocycles. The van der Waals surface area contributed by atoms with Gasteiger partial charge in [0.15, 0.2) is 5.96 Å². The fourth-order valence-corrected chi connectivity index (χ4v) is 4.81. The fraction of sp³-hybridized carbons (Fsp3) is 0.947. The van der Waals surface area contributed by atoms with Crippen molar-refractivity contribution in [3.8, 4) is 0 Å². The molecule has 3 aliphatic rings. The van der Waals surface area contributed by atoms with E-state index in [0.717, 1.165) is 30.8 Å². The number of guanidine groups is 1. The summed E-state index contributed by atoms with van der Waals surface area (Å²) in [6, 6.07) is 0. The van der Waals surface area contributed by atoms with Gasteiger partial charge < -0.3 is 15.1 Å². The van der Waals surface area contributed by atoms with Crippen LogP contribution in [-0.4, -0.2) is 61.6 Å². The first kappa shape index (κ1) is 17.1. The normalized spacial score (nSPS) is 32.9. The maximum absolute atomic E-state index is 5.05. The van der Waals surface area contributed by atoms with Crippen molar-refractivity contribution in [3.05, 3.63) is 0 Å². The number of nitrogens with zero attached hydrogens (tertiary/aromatic N) is 3. The Balaban J connectivity index is 1.57. The van der Waals surface area contributed by atoms with E-state index in [2.05, 4.69) is 29.0 Å². The maximum Gasteiger partial charge on any atom is 0.193 e. The first-order valence-corrected chi connectivity index (χ1v) is 10.1. The molecule has 0 bridgehead atoms. The highest BCUT2D eigenvalue weighted by Gasteiger charge is 2.35. The van der Waals surface area contributed by atoms with Gasteiger partial charge in [-0.3, -0.25) is 4.99 Å². The SMILES string of the molecule is CCNC(=NCC1CCCN(CC)C1)N1CC2CCCCC2C1. The molecular weight excluding hydrogens is 284 g/mol. The van der Waals surface area contributed by atoms with Crippen molar-refractivity contribution in [2.75, 3.05) is 45.8 Å². The zero-order valence-electron chi connectivity index (χ0n) is 15.3. The standard InChI is InChI=1S/C19H36N4/c1-3-20-19(21-12-16-8-7-11-22(4-2)13-16)23-14-17-9-5-6-10-18(17)15-23/h16-18H,3-15H2,1-2H3,(H,20,21). The molecule has 4 nitrogen and oxygen atoms in total. The average Bonchev–Trinajstić information content (AvgIpc) is 3.02. The predicted octanol–water partition coefficient (Wildman–Crippen LogP) is 2.81. The summed E-state index contributed by atoms with van der Waals surface area (Å²) < 4.78 is 0. The summed E-state index contributed by atoms with van der Waals surface area (Å²) in [6.45, 7) is 12.7. The van der Waals surface area contributed by atoms with E-state index in [-0.39, 0.29) is 0 Å². The van der Waals surface area contributed by atoms with E-state index >= 15 is 0 Å². The van der Waals surface area contributed by atoms with Crippen LogP contribution in [0.25, 0.3) is 0 Å². The lowest BCUT2D eigenvalue weighted by Gasteiger charge is -2.31. The average molecular weight is 321 g/mol. The molecule has 1 saturated carbocycles. The highest BCUT2D eigenvalue weighted by molar-refractivity contribution is 5.80. The van der Waals surface area contributed by atoms with Gasteiger partial charge in [-0.1, -0.05) is 19.8 Å². The highest BCUT2D eigenvalue weighted by Crippen LogP contribution is 2.36. The topological polar surface area (TPSA) is 30.9 Å². The molecule has 0 aromatic rings. The highest BCUT2D eigenvalue weighted by atomic mass is 15.3. The van der Waals surface area contributed by atoms with Gasteiger partial charge in [-0.05, 0) is 63.5 Å².